The lowest BCUT2D eigenvalue weighted by Crippen LogP contribution is -2.30. The Morgan fingerprint density at radius 3 is 2.42 bits per heavy atom. The first-order valence-corrected chi connectivity index (χ1v) is 5.32. The van der Waals surface area contributed by atoms with Crippen molar-refractivity contribution in [2.45, 2.75) is 32.1 Å². The van der Waals surface area contributed by atoms with E-state index in [-0.39, 0.29) is 0 Å². The van der Waals surface area contributed by atoms with Crippen LogP contribution in [-0.4, -0.2) is 6.29 Å². The number of carbonyl (C=O) groups excluding carboxylic acids is 1. The second-order valence-corrected chi connectivity index (χ2v) is 5.13. The highest BCUT2D eigenvalue weighted by molar-refractivity contribution is 5.54. The maximum absolute atomic E-state index is 10.9. The average Bonchev–Trinajstić information content (AvgIpc) is 2.29. The van der Waals surface area contributed by atoms with E-state index in [1.54, 1.807) is 0 Å². The molecule has 1 heteroatoms. The minimum Gasteiger partial charge on any atom is -0.303 e. The van der Waals surface area contributed by atoms with E-state index >= 15 is 0 Å². The summed E-state index contributed by atoms with van der Waals surface area (Å²) in [6, 6.07) is 0. The van der Waals surface area contributed by atoms with Gasteiger partial charge >= 0.3 is 0 Å². The SMILES string of the molecule is O=CC1CC2CC3CC(C2)C1C3. The second kappa shape index (κ2) is 2.34. The third kappa shape index (κ3) is 0.826. The molecule has 66 valence electrons. The summed E-state index contributed by atoms with van der Waals surface area (Å²) < 4.78 is 0. The zero-order chi connectivity index (χ0) is 8.13. The maximum Gasteiger partial charge on any atom is 0.123 e. The van der Waals surface area contributed by atoms with Crippen molar-refractivity contribution in [1.29, 1.82) is 0 Å². The van der Waals surface area contributed by atoms with Crippen molar-refractivity contribution in [3.8, 4) is 0 Å². The molecule has 0 N–H and O–H groups in total. The van der Waals surface area contributed by atoms with Crippen molar-refractivity contribution in [2.24, 2.45) is 29.6 Å². The van der Waals surface area contributed by atoms with Crippen molar-refractivity contribution < 1.29 is 4.79 Å². The Morgan fingerprint density at radius 2 is 1.67 bits per heavy atom. The largest absolute Gasteiger partial charge is 0.303 e. The normalized spacial score (nSPS) is 55.8. The van der Waals surface area contributed by atoms with Crippen LogP contribution in [0.25, 0.3) is 0 Å². The summed E-state index contributed by atoms with van der Waals surface area (Å²) in [5, 5.41) is 0. The van der Waals surface area contributed by atoms with Gasteiger partial charge in [-0.25, -0.2) is 0 Å². The molecule has 0 amide bonds. The molecule has 12 heavy (non-hydrogen) atoms. The standard InChI is InChI=1S/C11H16O/c12-6-10-4-7-1-8-3-9(2-7)11(10)5-8/h6-11H,1-5H2. The third-order valence-electron chi connectivity index (χ3n) is 4.48. The predicted octanol–water partition coefficient (Wildman–Crippen LogP) is 2.26. The Kier molecular flexibility index (Phi) is 1.38. The van der Waals surface area contributed by atoms with E-state index in [0.717, 1.165) is 23.7 Å². The van der Waals surface area contributed by atoms with E-state index in [1.165, 1.54) is 38.4 Å². The third-order valence-corrected chi connectivity index (χ3v) is 4.48. The van der Waals surface area contributed by atoms with Gasteiger partial charge in [-0.1, -0.05) is 0 Å². The van der Waals surface area contributed by atoms with E-state index in [4.69, 9.17) is 0 Å². The van der Waals surface area contributed by atoms with Gasteiger partial charge in [-0.15, -0.1) is 0 Å². The van der Waals surface area contributed by atoms with E-state index in [9.17, 15) is 4.79 Å². The molecule has 3 fully saturated rings. The number of aldehydes is 1. The van der Waals surface area contributed by atoms with E-state index in [0.29, 0.717) is 5.92 Å². The van der Waals surface area contributed by atoms with Gasteiger partial charge in [0.05, 0.1) is 0 Å². The molecule has 3 aliphatic carbocycles. The van der Waals surface area contributed by atoms with Gasteiger partial charge in [-0.05, 0) is 55.8 Å². The number of hydrogen-bond donors (Lipinski definition) is 0. The summed E-state index contributed by atoms with van der Waals surface area (Å²) in [7, 11) is 0. The highest BCUT2D eigenvalue weighted by atomic mass is 16.1. The van der Waals surface area contributed by atoms with Gasteiger partial charge in [0, 0.05) is 5.92 Å². The van der Waals surface area contributed by atoms with Crippen molar-refractivity contribution >= 4 is 6.29 Å². The highest BCUT2D eigenvalue weighted by Crippen LogP contribution is 2.56. The Balaban J connectivity index is 1.92. The minimum absolute atomic E-state index is 0.446. The Bertz CT molecular complexity index is 209. The molecule has 5 atom stereocenters. The lowest BCUT2D eigenvalue weighted by molar-refractivity contribution is -0.114. The molecule has 0 aromatic rings. The average molecular weight is 164 g/mol. The number of fused-ring (bicyclic) bond motifs is 2. The monoisotopic (exact) mass is 164 g/mol. The second-order valence-electron chi connectivity index (χ2n) is 5.13. The van der Waals surface area contributed by atoms with Gasteiger partial charge in [-0.3, -0.25) is 0 Å². The first kappa shape index (κ1) is 7.11. The fourth-order valence-corrected chi connectivity index (χ4v) is 4.17. The van der Waals surface area contributed by atoms with Crippen molar-refractivity contribution in [1.82, 2.24) is 0 Å². The van der Waals surface area contributed by atoms with Crippen LogP contribution in [0.5, 0.6) is 0 Å². The van der Waals surface area contributed by atoms with Gasteiger partial charge in [0.1, 0.15) is 6.29 Å². The van der Waals surface area contributed by atoms with Crippen molar-refractivity contribution in [3.63, 3.8) is 0 Å². The molecule has 3 saturated carbocycles. The summed E-state index contributed by atoms with van der Waals surface area (Å²) in [6.07, 6.45) is 8.19. The van der Waals surface area contributed by atoms with Gasteiger partial charge in [0.15, 0.2) is 0 Å². The summed E-state index contributed by atoms with van der Waals surface area (Å²) in [4.78, 5) is 10.9. The summed E-state index contributed by atoms with van der Waals surface area (Å²) in [5.41, 5.74) is 0. The van der Waals surface area contributed by atoms with Crippen LogP contribution in [0.2, 0.25) is 0 Å². The number of hydrogen-bond acceptors (Lipinski definition) is 1. The van der Waals surface area contributed by atoms with Crippen LogP contribution in [0.4, 0.5) is 0 Å². The Hall–Kier alpha value is -0.330. The van der Waals surface area contributed by atoms with Crippen LogP contribution < -0.4 is 0 Å². The Labute approximate surface area is 73.5 Å². The smallest absolute Gasteiger partial charge is 0.123 e. The first-order valence-electron chi connectivity index (χ1n) is 5.32. The molecule has 3 bridgehead atoms. The van der Waals surface area contributed by atoms with Crippen LogP contribution >= 0.6 is 0 Å². The highest BCUT2D eigenvalue weighted by Gasteiger charge is 2.48. The molecule has 0 aliphatic heterocycles. The van der Waals surface area contributed by atoms with Crippen LogP contribution in [-0.2, 0) is 4.79 Å². The molecule has 3 aliphatic rings. The molecule has 1 nitrogen and oxygen atoms in total. The summed E-state index contributed by atoms with van der Waals surface area (Å²) in [5.74, 6) is 4.11. The summed E-state index contributed by atoms with van der Waals surface area (Å²) in [6.45, 7) is 0. The molecule has 0 radical (unpaired) electrons. The van der Waals surface area contributed by atoms with Crippen LogP contribution in [0.1, 0.15) is 32.1 Å². The van der Waals surface area contributed by atoms with Crippen LogP contribution in [0.3, 0.4) is 0 Å². The van der Waals surface area contributed by atoms with E-state index < -0.39 is 0 Å². The fourth-order valence-electron chi connectivity index (χ4n) is 4.17. The van der Waals surface area contributed by atoms with Crippen LogP contribution in [0.15, 0.2) is 0 Å². The topological polar surface area (TPSA) is 17.1 Å². The molecule has 0 heterocycles. The lowest BCUT2D eigenvalue weighted by Gasteiger charge is -2.37. The van der Waals surface area contributed by atoms with Crippen LogP contribution in [0, 0.1) is 29.6 Å². The number of rotatable bonds is 1. The van der Waals surface area contributed by atoms with Gasteiger partial charge in [0.25, 0.3) is 0 Å². The molecular formula is C11H16O. The Morgan fingerprint density at radius 1 is 0.917 bits per heavy atom. The number of carbonyl (C=O) groups is 1. The molecule has 3 rings (SSSR count). The zero-order valence-corrected chi connectivity index (χ0v) is 7.41. The van der Waals surface area contributed by atoms with Crippen molar-refractivity contribution in [3.05, 3.63) is 0 Å². The minimum atomic E-state index is 0.446. The molecule has 0 aromatic heterocycles. The maximum atomic E-state index is 10.9. The predicted molar refractivity (Wildman–Crippen MR) is 46.6 cm³/mol. The molecule has 5 unspecified atom stereocenters. The van der Waals surface area contributed by atoms with Crippen molar-refractivity contribution in [2.75, 3.05) is 0 Å². The molecule has 0 spiro atoms. The molecule has 0 saturated heterocycles. The fraction of sp³-hybridized carbons (Fsp3) is 0.909. The van der Waals surface area contributed by atoms with Gasteiger partial charge in [0.2, 0.25) is 0 Å². The first-order chi connectivity index (χ1) is 5.86. The molecule has 0 aromatic carbocycles. The van der Waals surface area contributed by atoms with E-state index in [2.05, 4.69) is 0 Å². The summed E-state index contributed by atoms with van der Waals surface area (Å²) >= 11 is 0. The quantitative estimate of drug-likeness (QED) is 0.543. The van der Waals surface area contributed by atoms with Gasteiger partial charge in [-0.2, -0.15) is 0 Å². The van der Waals surface area contributed by atoms with E-state index in [1.807, 2.05) is 0 Å². The lowest BCUT2D eigenvalue weighted by atomic mass is 9.68. The van der Waals surface area contributed by atoms with Gasteiger partial charge < -0.3 is 4.79 Å². The molecular weight excluding hydrogens is 148 g/mol. The zero-order valence-electron chi connectivity index (χ0n) is 7.41.